The van der Waals surface area contributed by atoms with Crippen molar-refractivity contribution in [2.75, 3.05) is 13.2 Å². The van der Waals surface area contributed by atoms with E-state index < -0.39 is 6.04 Å². The molecule has 1 aromatic heterocycles. The molecule has 0 spiro atoms. The summed E-state index contributed by atoms with van der Waals surface area (Å²) in [5.41, 5.74) is 1.55. The molecule has 1 aromatic rings. The van der Waals surface area contributed by atoms with Crippen LogP contribution in [0.1, 0.15) is 21.7 Å². The second-order valence-corrected chi connectivity index (χ2v) is 3.52. The van der Waals surface area contributed by atoms with Gasteiger partial charge in [-0.1, -0.05) is 0 Å². The van der Waals surface area contributed by atoms with Gasteiger partial charge in [0.2, 0.25) is 0 Å². The van der Waals surface area contributed by atoms with Gasteiger partial charge < -0.3 is 15.5 Å². The lowest BCUT2D eigenvalue weighted by Crippen LogP contribution is -2.40. The van der Waals surface area contributed by atoms with Crippen LogP contribution in [0.2, 0.25) is 0 Å². The van der Waals surface area contributed by atoms with Crippen LogP contribution in [-0.2, 0) is 0 Å². The van der Waals surface area contributed by atoms with E-state index in [1.54, 1.807) is 19.9 Å². The van der Waals surface area contributed by atoms with E-state index in [1.165, 1.54) is 0 Å². The number of rotatable bonds is 4. The standard InChI is InChI=1S/C10H15N3O3/c1-6-3-9(7(2)13-12-6)10(16)11-8(4-14)5-15/h3,8,14-15H,4-5H2,1-2H3,(H,11,16). The third kappa shape index (κ3) is 2.98. The highest BCUT2D eigenvalue weighted by Crippen LogP contribution is 2.05. The molecular formula is C10H15N3O3. The number of hydrogen-bond donors (Lipinski definition) is 3. The quantitative estimate of drug-likeness (QED) is 0.622. The number of hydrogen-bond acceptors (Lipinski definition) is 5. The van der Waals surface area contributed by atoms with Gasteiger partial charge in [0.15, 0.2) is 0 Å². The lowest BCUT2D eigenvalue weighted by Gasteiger charge is -2.13. The molecule has 0 aliphatic rings. The van der Waals surface area contributed by atoms with Crippen LogP contribution < -0.4 is 5.32 Å². The first-order valence-corrected chi connectivity index (χ1v) is 4.92. The van der Waals surface area contributed by atoms with Crippen molar-refractivity contribution >= 4 is 5.91 Å². The van der Waals surface area contributed by atoms with Crippen molar-refractivity contribution in [2.45, 2.75) is 19.9 Å². The van der Waals surface area contributed by atoms with Crippen LogP contribution in [0.5, 0.6) is 0 Å². The maximum Gasteiger partial charge on any atom is 0.253 e. The molecule has 1 heterocycles. The molecule has 0 aliphatic heterocycles. The molecule has 16 heavy (non-hydrogen) atoms. The third-order valence-corrected chi connectivity index (χ3v) is 2.12. The number of carbonyl (C=O) groups excluding carboxylic acids is 1. The molecule has 0 bridgehead atoms. The first-order valence-electron chi connectivity index (χ1n) is 4.92. The van der Waals surface area contributed by atoms with Crippen LogP contribution in [0.4, 0.5) is 0 Å². The summed E-state index contributed by atoms with van der Waals surface area (Å²) in [7, 11) is 0. The number of amides is 1. The minimum Gasteiger partial charge on any atom is -0.394 e. The van der Waals surface area contributed by atoms with Gasteiger partial charge in [-0.15, -0.1) is 0 Å². The Kier molecular flexibility index (Phi) is 4.33. The van der Waals surface area contributed by atoms with Gasteiger partial charge in [-0.05, 0) is 19.9 Å². The molecule has 0 atom stereocenters. The van der Waals surface area contributed by atoms with Gasteiger partial charge in [-0.2, -0.15) is 10.2 Å². The van der Waals surface area contributed by atoms with E-state index in [-0.39, 0.29) is 19.1 Å². The summed E-state index contributed by atoms with van der Waals surface area (Å²) in [5, 5.41) is 27.8. The lowest BCUT2D eigenvalue weighted by atomic mass is 10.1. The lowest BCUT2D eigenvalue weighted by molar-refractivity contribution is 0.0878. The Morgan fingerprint density at radius 1 is 1.38 bits per heavy atom. The van der Waals surface area contributed by atoms with Crippen LogP contribution in [0.25, 0.3) is 0 Å². The number of aliphatic hydroxyl groups is 2. The van der Waals surface area contributed by atoms with Gasteiger partial charge in [0.25, 0.3) is 5.91 Å². The summed E-state index contributed by atoms with van der Waals surface area (Å²) in [6, 6.07) is 0.962. The average Bonchev–Trinajstić information content (AvgIpc) is 2.28. The minimum absolute atomic E-state index is 0.307. The molecule has 1 rings (SSSR count). The van der Waals surface area contributed by atoms with E-state index in [2.05, 4.69) is 15.5 Å². The summed E-state index contributed by atoms with van der Waals surface area (Å²) in [4.78, 5) is 11.7. The zero-order valence-corrected chi connectivity index (χ0v) is 9.27. The van der Waals surface area contributed by atoms with Crippen molar-refractivity contribution in [3.05, 3.63) is 23.0 Å². The van der Waals surface area contributed by atoms with Crippen molar-refractivity contribution in [2.24, 2.45) is 0 Å². The van der Waals surface area contributed by atoms with Crippen molar-refractivity contribution < 1.29 is 15.0 Å². The van der Waals surface area contributed by atoms with Crippen LogP contribution in [-0.4, -0.2) is 45.6 Å². The van der Waals surface area contributed by atoms with Gasteiger partial charge in [-0.3, -0.25) is 4.79 Å². The summed E-state index contributed by atoms with van der Waals surface area (Å²) >= 11 is 0. The predicted octanol–water partition coefficient (Wildman–Crippen LogP) is -0.824. The normalized spacial score (nSPS) is 10.6. The van der Waals surface area contributed by atoms with Crippen LogP contribution in [0.3, 0.4) is 0 Å². The monoisotopic (exact) mass is 225 g/mol. The second-order valence-electron chi connectivity index (χ2n) is 3.52. The number of carbonyl (C=O) groups is 1. The summed E-state index contributed by atoms with van der Waals surface area (Å²) in [6.07, 6.45) is 0. The highest BCUT2D eigenvalue weighted by molar-refractivity contribution is 5.95. The first-order chi connectivity index (χ1) is 7.58. The summed E-state index contributed by atoms with van der Waals surface area (Å²) in [5.74, 6) is -0.372. The van der Waals surface area contributed by atoms with Crippen molar-refractivity contribution in [1.29, 1.82) is 0 Å². The maximum atomic E-state index is 11.7. The number of aromatic nitrogens is 2. The topological polar surface area (TPSA) is 95.3 Å². The number of aryl methyl sites for hydroxylation is 2. The predicted molar refractivity (Wildman–Crippen MR) is 56.9 cm³/mol. The van der Waals surface area contributed by atoms with Gasteiger partial charge in [-0.25, -0.2) is 0 Å². The Morgan fingerprint density at radius 3 is 2.56 bits per heavy atom. The molecule has 0 radical (unpaired) electrons. The fourth-order valence-electron chi connectivity index (χ4n) is 1.19. The van der Waals surface area contributed by atoms with Crippen molar-refractivity contribution in [3.8, 4) is 0 Å². The zero-order valence-electron chi connectivity index (χ0n) is 9.27. The molecule has 3 N–H and O–H groups in total. The molecular weight excluding hydrogens is 210 g/mol. The number of nitrogens with zero attached hydrogens (tertiary/aromatic N) is 2. The van der Waals surface area contributed by atoms with Gasteiger partial charge in [0, 0.05) is 0 Å². The number of aliphatic hydroxyl groups excluding tert-OH is 2. The fraction of sp³-hybridized carbons (Fsp3) is 0.500. The van der Waals surface area contributed by atoms with E-state index in [4.69, 9.17) is 10.2 Å². The van der Waals surface area contributed by atoms with Gasteiger partial charge >= 0.3 is 0 Å². The Morgan fingerprint density at radius 2 is 2.00 bits per heavy atom. The minimum atomic E-state index is -0.652. The SMILES string of the molecule is Cc1cc(C(=O)NC(CO)CO)c(C)nn1. The highest BCUT2D eigenvalue weighted by atomic mass is 16.3. The maximum absolute atomic E-state index is 11.7. The molecule has 0 aromatic carbocycles. The average molecular weight is 225 g/mol. The Balaban J connectivity index is 2.83. The van der Waals surface area contributed by atoms with Crippen molar-refractivity contribution in [3.63, 3.8) is 0 Å². The van der Waals surface area contributed by atoms with Crippen LogP contribution in [0, 0.1) is 13.8 Å². The molecule has 1 amide bonds. The van der Waals surface area contributed by atoms with E-state index >= 15 is 0 Å². The first kappa shape index (κ1) is 12.5. The molecule has 0 fully saturated rings. The van der Waals surface area contributed by atoms with Crippen molar-refractivity contribution in [1.82, 2.24) is 15.5 Å². The van der Waals surface area contributed by atoms with Crippen LogP contribution >= 0.6 is 0 Å². The molecule has 0 saturated heterocycles. The Labute approximate surface area is 93.3 Å². The van der Waals surface area contributed by atoms with E-state index in [1.807, 2.05) is 0 Å². The fourth-order valence-corrected chi connectivity index (χ4v) is 1.19. The van der Waals surface area contributed by atoms with Crippen LogP contribution in [0.15, 0.2) is 6.07 Å². The van der Waals surface area contributed by atoms with Gasteiger partial charge in [0.1, 0.15) is 0 Å². The largest absolute Gasteiger partial charge is 0.394 e. The summed E-state index contributed by atoms with van der Waals surface area (Å²) < 4.78 is 0. The molecule has 0 saturated carbocycles. The molecule has 6 nitrogen and oxygen atoms in total. The molecule has 0 aliphatic carbocycles. The third-order valence-electron chi connectivity index (χ3n) is 2.12. The van der Waals surface area contributed by atoms with E-state index in [9.17, 15) is 4.79 Å². The van der Waals surface area contributed by atoms with Gasteiger partial charge in [0.05, 0.1) is 36.2 Å². The summed E-state index contributed by atoms with van der Waals surface area (Å²) in [6.45, 7) is 2.80. The Hall–Kier alpha value is -1.53. The van der Waals surface area contributed by atoms with E-state index in [0.29, 0.717) is 17.0 Å². The molecule has 6 heteroatoms. The number of nitrogens with one attached hydrogen (secondary N) is 1. The Bertz CT molecular complexity index is 378. The smallest absolute Gasteiger partial charge is 0.253 e. The highest BCUT2D eigenvalue weighted by Gasteiger charge is 2.15. The molecule has 0 unspecified atom stereocenters. The second kappa shape index (κ2) is 5.53. The molecule has 88 valence electrons. The van der Waals surface area contributed by atoms with E-state index in [0.717, 1.165) is 0 Å². The zero-order chi connectivity index (χ0) is 12.1.